The van der Waals surface area contributed by atoms with Gasteiger partial charge in [-0.15, -0.1) is 0 Å². The Kier molecular flexibility index (Phi) is 8.38. The van der Waals surface area contributed by atoms with E-state index in [2.05, 4.69) is 17.6 Å². The number of hydrogen-bond acceptors (Lipinski definition) is 2. The zero-order valence-electron chi connectivity index (χ0n) is 14.8. The molecule has 1 atom stereocenters. The topological polar surface area (TPSA) is 58.2 Å². The van der Waals surface area contributed by atoms with E-state index in [4.69, 9.17) is 0 Å². The molecule has 4 heteroatoms. The lowest BCUT2D eigenvalue weighted by Crippen LogP contribution is -2.49. The van der Waals surface area contributed by atoms with Gasteiger partial charge in [-0.2, -0.15) is 0 Å². The van der Waals surface area contributed by atoms with Gasteiger partial charge in [0.25, 0.3) is 5.91 Å². The molecule has 1 rings (SSSR count). The smallest absolute Gasteiger partial charge is 0.251 e. The van der Waals surface area contributed by atoms with Crippen molar-refractivity contribution in [2.45, 2.75) is 59.4 Å². The fourth-order valence-electron chi connectivity index (χ4n) is 2.34. The first-order valence-corrected chi connectivity index (χ1v) is 8.61. The van der Waals surface area contributed by atoms with Crippen molar-refractivity contribution in [1.29, 1.82) is 0 Å². The standard InChI is InChI=1S/C19H30N2O2/c1-5-6-7-8-13-20-19(23)17(14(2)3)21-18(22)16-11-9-15(4)10-12-16/h9-12,14,17H,5-8,13H2,1-4H3,(H,20,23)(H,21,22). The number of carbonyl (C=O) groups excluding carboxylic acids is 2. The molecule has 0 aliphatic rings. The van der Waals surface area contributed by atoms with E-state index in [1.807, 2.05) is 32.9 Å². The fraction of sp³-hybridized carbons (Fsp3) is 0.579. The Labute approximate surface area is 140 Å². The number of hydrogen-bond donors (Lipinski definition) is 2. The van der Waals surface area contributed by atoms with Crippen LogP contribution in [0.15, 0.2) is 24.3 Å². The van der Waals surface area contributed by atoms with E-state index >= 15 is 0 Å². The molecule has 0 bridgehead atoms. The minimum absolute atomic E-state index is 0.0417. The average Bonchev–Trinajstić information content (AvgIpc) is 2.52. The Morgan fingerprint density at radius 1 is 1.04 bits per heavy atom. The van der Waals surface area contributed by atoms with Crippen molar-refractivity contribution < 1.29 is 9.59 Å². The number of carbonyl (C=O) groups is 2. The third-order valence-electron chi connectivity index (χ3n) is 3.88. The van der Waals surface area contributed by atoms with E-state index in [0.717, 1.165) is 18.4 Å². The van der Waals surface area contributed by atoms with Crippen molar-refractivity contribution in [2.75, 3.05) is 6.54 Å². The molecule has 1 aromatic rings. The summed E-state index contributed by atoms with van der Waals surface area (Å²) >= 11 is 0. The quantitative estimate of drug-likeness (QED) is 0.685. The van der Waals surface area contributed by atoms with Gasteiger partial charge in [-0.05, 0) is 31.4 Å². The molecular weight excluding hydrogens is 288 g/mol. The molecule has 2 amide bonds. The summed E-state index contributed by atoms with van der Waals surface area (Å²) < 4.78 is 0. The second-order valence-corrected chi connectivity index (χ2v) is 6.41. The van der Waals surface area contributed by atoms with Crippen LogP contribution in [0.25, 0.3) is 0 Å². The van der Waals surface area contributed by atoms with Crippen LogP contribution < -0.4 is 10.6 Å². The summed E-state index contributed by atoms with van der Waals surface area (Å²) in [6.07, 6.45) is 4.47. The van der Waals surface area contributed by atoms with Gasteiger partial charge in [-0.3, -0.25) is 9.59 Å². The third kappa shape index (κ3) is 6.85. The monoisotopic (exact) mass is 318 g/mol. The summed E-state index contributed by atoms with van der Waals surface area (Å²) in [6.45, 7) is 8.69. The van der Waals surface area contributed by atoms with Crippen LogP contribution >= 0.6 is 0 Å². The molecule has 23 heavy (non-hydrogen) atoms. The maximum atomic E-state index is 12.3. The highest BCUT2D eigenvalue weighted by Gasteiger charge is 2.24. The number of benzene rings is 1. The summed E-state index contributed by atoms with van der Waals surface area (Å²) in [6, 6.07) is 6.85. The molecule has 2 N–H and O–H groups in total. The minimum atomic E-state index is -0.505. The molecule has 0 aliphatic carbocycles. The highest BCUT2D eigenvalue weighted by molar-refractivity contribution is 5.97. The van der Waals surface area contributed by atoms with Gasteiger partial charge < -0.3 is 10.6 Å². The van der Waals surface area contributed by atoms with Crippen LogP contribution in [0.5, 0.6) is 0 Å². The number of rotatable bonds is 9. The zero-order valence-corrected chi connectivity index (χ0v) is 14.8. The predicted octanol–water partition coefficient (Wildman–Crippen LogP) is 3.45. The molecule has 0 saturated carbocycles. The fourth-order valence-corrected chi connectivity index (χ4v) is 2.34. The molecule has 0 heterocycles. The molecule has 0 aliphatic heterocycles. The Balaban J connectivity index is 2.55. The maximum absolute atomic E-state index is 12.3. The first-order valence-electron chi connectivity index (χ1n) is 8.61. The van der Waals surface area contributed by atoms with Crippen LogP contribution in [0.4, 0.5) is 0 Å². The van der Waals surface area contributed by atoms with E-state index in [1.165, 1.54) is 12.8 Å². The summed E-state index contributed by atoms with van der Waals surface area (Å²) in [5.41, 5.74) is 1.68. The van der Waals surface area contributed by atoms with E-state index in [9.17, 15) is 9.59 Å². The van der Waals surface area contributed by atoms with Crippen LogP contribution in [0.1, 0.15) is 62.4 Å². The molecule has 0 saturated heterocycles. The van der Waals surface area contributed by atoms with E-state index in [1.54, 1.807) is 12.1 Å². The van der Waals surface area contributed by atoms with Crippen LogP contribution in [0.3, 0.4) is 0 Å². The molecule has 0 fully saturated rings. The van der Waals surface area contributed by atoms with Gasteiger partial charge in [-0.1, -0.05) is 57.7 Å². The van der Waals surface area contributed by atoms with Crippen LogP contribution in [0.2, 0.25) is 0 Å². The molecule has 1 aromatic carbocycles. The van der Waals surface area contributed by atoms with Crippen molar-refractivity contribution in [1.82, 2.24) is 10.6 Å². The molecule has 0 radical (unpaired) electrons. The first kappa shape index (κ1) is 19.2. The maximum Gasteiger partial charge on any atom is 0.251 e. The summed E-state index contributed by atoms with van der Waals surface area (Å²) in [4.78, 5) is 24.6. The highest BCUT2D eigenvalue weighted by atomic mass is 16.2. The average molecular weight is 318 g/mol. The lowest BCUT2D eigenvalue weighted by molar-refractivity contribution is -0.123. The van der Waals surface area contributed by atoms with Crippen LogP contribution in [-0.2, 0) is 4.79 Å². The minimum Gasteiger partial charge on any atom is -0.354 e. The lowest BCUT2D eigenvalue weighted by Gasteiger charge is -2.21. The van der Waals surface area contributed by atoms with Crippen molar-refractivity contribution >= 4 is 11.8 Å². The number of amides is 2. The molecule has 0 spiro atoms. The number of nitrogens with one attached hydrogen (secondary N) is 2. The normalized spacial score (nSPS) is 12.0. The largest absolute Gasteiger partial charge is 0.354 e. The second-order valence-electron chi connectivity index (χ2n) is 6.41. The Bertz CT molecular complexity index is 495. The molecule has 4 nitrogen and oxygen atoms in total. The third-order valence-corrected chi connectivity index (χ3v) is 3.88. The van der Waals surface area contributed by atoms with Crippen LogP contribution in [-0.4, -0.2) is 24.4 Å². The summed E-state index contributed by atoms with van der Waals surface area (Å²) in [7, 11) is 0. The van der Waals surface area contributed by atoms with Gasteiger partial charge in [0.05, 0.1) is 0 Å². The Hall–Kier alpha value is -1.84. The van der Waals surface area contributed by atoms with Crippen molar-refractivity contribution in [3.8, 4) is 0 Å². The summed E-state index contributed by atoms with van der Waals surface area (Å²) in [5, 5.41) is 5.79. The van der Waals surface area contributed by atoms with Gasteiger partial charge in [-0.25, -0.2) is 0 Å². The molecule has 128 valence electrons. The van der Waals surface area contributed by atoms with E-state index in [-0.39, 0.29) is 17.7 Å². The Morgan fingerprint density at radius 3 is 2.26 bits per heavy atom. The SMILES string of the molecule is CCCCCCNC(=O)C(NC(=O)c1ccc(C)cc1)C(C)C. The zero-order chi connectivity index (χ0) is 17.2. The van der Waals surface area contributed by atoms with Gasteiger partial charge in [0, 0.05) is 12.1 Å². The predicted molar refractivity (Wildman–Crippen MR) is 94.4 cm³/mol. The van der Waals surface area contributed by atoms with Gasteiger partial charge in [0.15, 0.2) is 0 Å². The Morgan fingerprint density at radius 2 is 1.70 bits per heavy atom. The lowest BCUT2D eigenvalue weighted by atomic mass is 10.0. The number of unbranched alkanes of at least 4 members (excludes halogenated alkanes) is 3. The van der Waals surface area contributed by atoms with E-state index < -0.39 is 6.04 Å². The molecule has 1 unspecified atom stereocenters. The van der Waals surface area contributed by atoms with Crippen molar-refractivity contribution in [3.05, 3.63) is 35.4 Å². The van der Waals surface area contributed by atoms with Gasteiger partial charge in [0.1, 0.15) is 6.04 Å². The van der Waals surface area contributed by atoms with Gasteiger partial charge in [0.2, 0.25) is 5.91 Å². The van der Waals surface area contributed by atoms with Crippen LogP contribution in [0, 0.1) is 12.8 Å². The van der Waals surface area contributed by atoms with Gasteiger partial charge >= 0.3 is 0 Å². The van der Waals surface area contributed by atoms with Crippen molar-refractivity contribution in [3.63, 3.8) is 0 Å². The second kappa shape index (κ2) is 10.0. The van der Waals surface area contributed by atoms with Crippen molar-refractivity contribution in [2.24, 2.45) is 5.92 Å². The molecular formula is C19H30N2O2. The highest BCUT2D eigenvalue weighted by Crippen LogP contribution is 2.07. The molecule has 0 aromatic heterocycles. The number of aryl methyl sites for hydroxylation is 1. The summed E-state index contributed by atoms with van der Waals surface area (Å²) in [5.74, 6) is -0.262. The first-order chi connectivity index (χ1) is 11.0. The van der Waals surface area contributed by atoms with E-state index in [0.29, 0.717) is 12.1 Å².